The maximum atomic E-state index is 8.90. The molecule has 0 radical (unpaired) electrons. The number of nitriles is 1. The zero-order valence-corrected chi connectivity index (χ0v) is 7.85. The van der Waals surface area contributed by atoms with Gasteiger partial charge in [0.1, 0.15) is 11.9 Å². The van der Waals surface area contributed by atoms with E-state index in [0.717, 1.165) is 25.3 Å². The molecule has 1 saturated heterocycles. The first-order chi connectivity index (χ1) is 6.81. The third kappa shape index (κ3) is 1.54. The highest BCUT2D eigenvalue weighted by Gasteiger charge is 2.21. The monoisotopic (exact) mass is 188 g/mol. The first kappa shape index (κ1) is 8.97. The average Bonchev–Trinajstić information content (AvgIpc) is 2.65. The fraction of sp³-hybridized carbons (Fsp3) is 0.400. The molecular weight excluding hydrogens is 176 g/mol. The molecule has 1 aromatic heterocycles. The van der Waals surface area contributed by atoms with Crippen LogP contribution in [-0.4, -0.2) is 24.1 Å². The summed E-state index contributed by atoms with van der Waals surface area (Å²) in [6, 6.07) is 5.91. The number of hydrogen-bond donors (Lipinski definition) is 1. The summed E-state index contributed by atoms with van der Waals surface area (Å²) in [5, 5.41) is 8.90. The lowest BCUT2D eigenvalue weighted by atomic mass is 10.2. The van der Waals surface area contributed by atoms with Gasteiger partial charge in [-0.25, -0.2) is 4.98 Å². The van der Waals surface area contributed by atoms with Gasteiger partial charge >= 0.3 is 0 Å². The maximum absolute atomic E-state index is 8.90. The van der Waals surface area contributed by atoms with Gasteiger partial charge in [0.2, 0.25) is 0 Å². The molecule has 4 heteroatoms. The van der Waals surface area contributed by atoms with E-state index in [9.17, 15) is 0 Å². The van der Waals surface area contributed by atoms with Gasteiger partial charge in [0, 0.05) is 25.3 Å². The Balaban J connectivity index is 2.28. The average molecular weight is 188 g/mol. The van der Waals surface area contributed by atoms with E-state index in [-0.39, 0.29) is 6.04 Å². The van der Waals surface area contributed by atoms with Crippen LogP contribution < -0.4 is 10.6 Å². The Kier molecular flexibility index (Phi) is 2.33. The van der Waals surface area contributed by atoms with E-state index in [4.69, 9.17) is 11.0 Å². The van der Waals surface area contributed by atoms with Crippen LogP contribution in [0.3, 0.4) is 0 Å². The van der Waals surface area contributed by atoms with Crippen LogP contribution in [0.25, 0.3) is 0 Å². The van der Waals surface area contributed by atoms with Gasteiger partial charge in [-0.1, -0.05) is 0 Å². The molecule has 1 aliphatic rings. The van der Waals surface area contributed by atoms with Crippen LogP contribution in [0.15, 0.2) is 18.3 Å². The summed E-state index contributed by atoms with van der Waals surface area (Å²) in [7, 11) is 0. The summed E-state index contributed by atoms with van der Waals surface area (Å²) in [5.41, 5.74) is 6.43. The fourth-order valence-electron chi connectivity index (χ4n) is 1.72. The molecular formula is C10H12N4. The Morgan fingerprint density at radius 3 is 3.14 bits per heavy atom. The highest BCUT2D eigenvalue weighted by Crippen LogP contribution is 2.20. The van der Waals surface area contributed by atoms with E-state index in [1.54, 1.807) is 18.3 Å². The van der Waals surface area contributed by atoms with Gasteiger partial charge in [-0.05, 0) is 18.6 Å². The fourth-order valence-corrected chi connectivity index (χ4v) is 1.72. The van der Waals surface area contributed by atoms with Crippen molar-refractivity contribution in [3.8, 4) is 6.07 Å². The van der Waals surface area contributed by atoms with Crippen molar-refractivity contribution in [3.05, 3.63) is 23.9 Å². The Labute approximate surface area is 83.0 Å². The highest BCUT2D eigenvalue weighted by atomic mass is 15.2. The second-order valence-corrected chi connectivity index (χ2v) is 3.48. The molecule has 4 nitrogen and oxygen atoms in total. The second-order valence-electron chi connectivity index (χ2n) is 3.48. The van der Waals surface area contributed by atoms with Crippen molar-refractivity contribution < 1.29 is 0 Å². The Bertz CT molecular complexity index is 369. The molecule has 0 bridgehead atoms. The maximum Gasteiger partial charge on any atom is 0.146 e. The predicted octanol–water partition coefficient (Wildman–Crippen LogP) is 0.491. The molecule has 1 aliphatic heterocycles. The molecule has 14 heavy (non-hydrogen) atoms. The number of aromatic nitrogens is 1. The van der Waals surface area contributed by atoms with Crippen molar-refractivity contribution in [2.45, 2.75) is 12.5 Å². The van der Waals surface area contributed by atoms with E-state index in [2.05, 4.69) is 16.0 Å². The number of nitrogens with zero attached hydrogens (tertiary/aromatic N) is 3. The Morgan fingerprint density at radius 2 is 2.50 bits per heavy atom. The van der Waals surface area contributed by atoms with E-state index < -0.39 is 0 Å². The van der Waals surface area contributed by atoms with Crippen molar-refractivity contribution in [2.75, 3.05) is 18.0 Å². The van der Waals surface area contributed by atoms with Gasteiger partial charge in [0.15, 0.2) is 0 Å². The van der Waals surface area contributed by atoms with Crippen molar-refractivity contribution in [2.24, 2.45) is 5.73 Å². The lowest BCUT2D eigenvalue weighted by molar-refractivity contribution is 0.751. The minimum Gasteiger partial charge on any atom is -0.354 e. The second kappa shape index (κ2) is 3.64. The molecule has 2 N–H and O–H groups in total. The number of anilines is 1. The van der Waals surface area contributed by atoms with Gasteiger partial charge in [-0.15, -0.1) is 0 Å². The van der Waals surface area contributed by atoms with Crippen LogP contribution in [0.1, 0.15) is 12.0 Å². The first-order valence-corrected chi connectivity index (χ1v) is 4.67. The summed E-state index contributed by atoms with van der Waals surface area (Å²) in [5.74, 6) is 0.767. The molecule has 0 aromatic carbocycles. The molecule has 72 valence electrons. The van der Waals surface area contributed by atoms with Crippen LogP contribution in [0, 0.1) is 11.3 Å². The molecule has 0 spiro atoms. The van der Waals surface area contributed by atoms with E-state index in [1.807, 2.05) is 0 Å². The van der Waals surface area contributed by atoms with Crippen molar-refractivity contribution in [1.82, 2.24) is 4.98 Å². The minimum atomic E-state index is 0.212. The molecule has 2 rings (SSSR count). The van der Waals surface area contributed by atoms with Gasteiger partial charge in [-0.3, -0.25) is 0 Å². The van der Waals surface area contributed by atoms with Crippen LogP contribution in [0.2, 0.25) is 0 Å². The number of hydrogen-bond acceptors (Lipinski definition) is 4. The number of rotatable bonds is 1. The van der Waals surface area contributed by atoms with Crippen molar-refractivity contribution in [3.63, 3.8) is 0 Å². The van der Waals surface area contributed by atoms with E-state index >= 15 is 0 Å². The molecule has 0 aliphatic carbocycles. The highest BCUT2D eigenvalue weighted by molar-refractivity contribution is 5.54. The molecule has 0 saturated carbocycles. The van der Waals surface area contributed by atoms with Crippen molar-refractivity contribution >= 4 is 5.82 Å². The van der Waals surface area contributed by atoms with Gasteiger partial charge in [-0.2, -0.15) is 5.26 Å². The lowest BCUT2D eigenvalue weighted by Crippen LogP contribution is -2.27. The summed E-state index contributed by atoms with van der Waals surface area (Å²) in [4.78, 5) is 6.29. The van der Waals surface area contributed by atoms with Crippen LogP contribution in [0.4, 0.5) is 5.82 Å². The molecule has 1 fully saturated rings. The Hall–Kier alpha value is -1.60. The van der Waals surface area contributed by atoms with E-state index in [1.165, 1.54) is 0 Å². The van der Waals surface area contributed by atoms with Gasteiger partial charge in [0.25, 0.3) is 0 Å². The smallest absolute Gasteiger partial charge is 0.146 e. The molecule has 2 heterocycles. The standard InChI is InChI=1S/C10H12N4/c11-6-8-2-1-4-13-10(8)14-5-3-9(12)7-14/h1-2,4,9H,3,5,7,12H2. The molecule has 1 unspecified atom stereocenters. The number of pyridine rings is 1. The molecule has 1 atom stereocenters. The quantitative estimate of drug-likeness (QED) is 0.696. The number of nitrogens with two attached hydrogens (primary N) is 1. The van der Waals surface area contributed by atoms with Gasteiger partial charge in [0.05, 0.1) is 5.56 Å². The normalized spacial score (nSPS) is 20.9. The molecule has 1 aromatic rings. The topological polar surface area (TPSA) is 65.9 Å². The SMILES string of the molecule is N#Cc1cccnc1N1CCC(N)C1. The lowest BCUT2D eigenvalue weighted by Gasteiger charge is -2.17. The third-order valence-corrected chi connectivity index (χ3v) is 2.43. The minimum absolute atomic E-state index is 0.212. The summed E-state index contributed by atoms with van der Waals surface area (Å²) in [6.07, 6.45) is 2.68. The van der Waals surface area contributed by atoms with Crippen LogP contribution >= 0.6 is 0 Å². The van der Waals surface area contributed by atoms with Crippen molar-refractivity contribution in [1.29, 1.82) is 5.26 Å². The third-order valence-electron chi connectivity index (χ3n) is 2.43. The van der Waals surface area contributed by atoms with Crippen LogP contribution in [0.5, 0.6) is 0 Å². The Morgan fingerprint density at radius 1 is 1.64 bits per heavy atom. The first-order valence-electron chi connectivity index (χ1n) is 4.67. The molecule has 0 amide bonds. The van der Waals surface area contributed by atoms with Crippen LogP contribution in [-0.2, 0) is 0 Å². The summed E-state index contributed by atoms with van der Waals surface area (Å²) < 4.78 is 0. The largest absolute Gasteiger partial charge is 0.354 e. The van der Waals surface area contributed by atoms with E-state index in [0.29, 0.717) is 5.56 Å². The summed E-state index contributed by atoms with van der Waals surface area (Å²) >= 11 is 0. The zero-order chi connectivity index (χ0) is 9.97. The predicted molar refractivity (Wildman–Crippen MR) is 53.8 cm³/mol. The summed E-state index contributed by atoms with van der Waals surface area (Å²) in [6.45, 7) is 1.69. The zero-order valence-electron chi connectivity index (χ0n) is 7.85. The van der Waals surface area contributed by atoms with Gasteiger partial charge < -0.3 is 10.6 Å².